The van der Waals surface area contributed by atoms with Crippen LogP contribution in [0.1, 0.15) is 18.1 Å². The van der Waals surface area contributed by atoms with E-state index in [4.69, 9.17) is 0 Å². The topological polar surface area (TPSA) is 23.5 Å². The summed E-state index contributed by atoms with van der Waals surface area (Å²) in [4.78, 5) is 2.24. The lowest BCUT2D eigenvalue weighted by Crippen LogP contribution is -2.21. The van der Waals surface area contributed by atoms with Gasteiger partial charge in [-0.3, -0.25) is 0 Å². The molecular formula is C16H19NO. The Morgan fingerprint density at radius 2 is 1.67 bits per heavy atom. The maximum absolute atomic E-state index is 9.82. The van der Waals surface area contributed by atoms with Gasteiger partial charge in [0.1, 0.15) is 5.75 Å². The van der Waals surface area contributed by atoms with Gasteiger partial charge in [0.05, 0.1) is 0 Å². The maximum atomic E-state index is 9.82. The van der Waals surface area contributed by atoms with Crippen LogP contribution in [-0.4, -0.2) is 11.7 Å². The number of para-hydroxylation sites is 1. The Morgan fingerprint density at radius 3 is 2.28 bits per heavy atom. The number of hydrogen-bond donors (Lipinski definition) is 1. The number of aryl methyl sites for hydroxylation is 1. The first-order valence-electron chi connectivity index (χ1n) is 6.29. The van der Waals surface area contributed by atoms with Crippen molar-refractivity contribution in [2.75, 3.05) is 11.4 Å². The summed E-state index contributed by atoms with van der Waals surface area (Å²) in [6.45, 7) is 5.85. The van der Waals surface area contributed by atoms with Crippen LogP contribution in [0.5, 0.6) is 5.75 Å². The van der Waals surface area contributed by atoms with Crippen molar-refractivity contribution in [1.29, 1.82) is 0 Å². The van der Waals surface area contributed by atoms with E-state index in [0.717, 1.165) is 18.7 Å². The lowest BCUT2D eigenvalue weighted by Gasteiger charge is -2.23. The SMILES string of the molecule is CCN(Cc1ccccc1O)c1ccc(C)cc1. The molecule has 0 heterocycles. The van der Waals surface area contributed by atoms with Crippen molar-refractivity contribution in [2.45, 2.75) is 20.4 Å². The molecule has 1 N–H and O–H groups in total. The Kier molecular flexibility index (Phi) is 3.88. The molecule has 2 aromatic carbocycles. The molecule has 0 atom stereocenters. The van der Waals surface area contributed by atoms with E-state index in [2.05, 4.69) is 43.0 Å². The lowest BCUT2D eigenvalue weighted by molar-refractivity contribution is 0.467. The van der Waals surface area contributed by atoms with E-state index < -0.39 is 0 Å². The largest absolute Gasteiger partial charge is 0.508 e. The highest BCUT2D eigenvalue weighted by Gasteiger charge is 2.07. The van der Waals surface area contributed by atoms with Gasteiger partial charge in [-0.2, -0.15) is 0 Å². The van der Waals surface area contributed by atoms with Crippen LogP contribution < -0.4 is 4.90 Å². The molecule has 2 heteroatoms. The van der Waals surface area contributed by atoms with Gasteiger partial charge in [0.15, 0.2) is 0 Å². The molecule has 0 aliphatic rings. The van der Waals surface area contributed by atoms with Gasteiger partial charge in [-0.15, -0.1) is 0 Å². The molecule has 18 heavy (non-hydrogen) atoms. The number of hydrogen-bond acceptors (Lipinski definition) is 2. The summed E-state index contributed by atoms with van der Waals surface area (Å²) in [7, 11) is 0. The van der Waals surface area contributed by atoms with E-state index >= 15 is 0 Å². The summed E-state index contributed by atoms with van der Waals surface area (Å²) in [5, 5.41) is 9.82. The zero-order chi connectivity index (χ0) is 13.0. The van der Waals surface area contributed by atoms with Crippen molar-refractivity contribution in [1.82, 2.24) is 0 Å². The van der Waals surface area contributed by atoms with Gasteiger partial charge < -0.3 is 10.0 Å². The summed E-state index contributed by atoms with van der Waals surface area (Å²) in [6, 6.07) is 16.0. The lowest BCUT2D eigenvalue weighted by atomic mass is 10.1. The summed E-state index contributed by atoms with van der Waals surface area (Å²) in [5.74, 6) is 0.364. The number of aromatic hydroxyl groups is 1. The van der Waals surface area contributed by atoms with Crippen LogP contribution in [0.15, 0.2) is 48.5 Å². The number of benzene rings is 2. The average Bonchev–Trinajstić information content (AvgIpc) is 2.39. The Hall–Kier alpha value is -1.96. The molecule has 94 valence electrons. The van der Waals surface area contributed by atoms with E-state index in [9.17, 15) is 5.11 Å². The number of nitrogens with zero attached hydrogens (tertiary/aromatic N) is 1. The molecule has 0 spiro atoms. The molecule has 0 radical (unpaired) electrons. The molecule has 2 aromatic rings. The Morgan fingerprint density at radius 1 is 1.00 bits per heavy atom. The first-order chi connectivity index (χ1) is 8.70. The molecule has 0 aliphatic carbocycles. The highest BCUT2D eigenvalue weighted by Crippen LogP contribution is 2.22. The third-order valence-corrected chi connectivity index (χ3v) is 3.13. The predicted octanol–water partition coefficient (Wildman–Crippen LogP) is 3.73. The number of phenolic OH excluding ortho intramolecular Hbond substituents is 1. The van der Waals surface area contributed by atoms with E-state index in [1.54, 1.807) is 6.07 Å². The zero-order valence-electron chi connectivity index (χ0n) is 10.9. The number of anilines is 1. The minimum absolute atomic E-state index is 0.364. The zero-order valence-corrected chi connectivity index (χ0v) is 10.9. The summed E-state index contributed by atoms with van der Waals surface area (Å²) in [6.07, 6.45) is 0. The molecule has 0 fully saturated rings. The van der Waals surface area contributed by atoms with Gasteiger partial charge in [0.2, 0.25) is 0 Å². The van der Waals surface area contributed by atoms with Crippen LogP contribution >= 0.6 is 0 Å². The first-order valence-corrected chi connectivity index (χ1v) is 6.29. The smallest absolute Gasteiger partial charge is 0.120 e. The van der Waals surface area contributed by atoms with Crippen molar-refractivity contribution < 1.29 is 5.11 Å². The van der Waals surface area contributed by atoms with Crippen LogP contribution in [0.4, 0.5) is 5.69 Å². The normalized spacial score (nSPS) is 10.3. The van der Waals surface area contributed by atoms with Crippen LogP contribution in [0.2, 0.25) is 0 Å². The molecule has 0 saturated carbocycles. The van der Waals surface area contributed by atoms with Gasteiger partial charge in [0.25, 0.3) is 0 Å². The standard InChI is InChI=1S/C16H19NO/c1-3-17(15-10-8-13(2)9-11-15)12-14-6-4-5-7-16(14)18/h4-11,18H,3,12H2,1-2H3. The Bertz CT molecular complexity index is 505. The fraction of sp³-hybridized carbons (Fsp3) is 0.250. The van der Waals surface area contributed by atoms with Gasteiger partial charge in [0, 0.05) is 24.3 Å². The van der Waals surface area contributed by atoms with Gasteiger partial charge in [-0.25, -0.2) is 0 Å². The number of rotatable bonds is 4. The monoisotopic (exact) mass is 241 g/mol. The molecular weight excluding hydrogens is 222 g/mol. The van der Waals surface area contributed by atoms with E-state index in [-0.39, 0.29) is 0 Å². The first kappa shape index (κ1) is 12.5. The highest BCUT2D eigenvalue weighted by atomic mass is 16.3. The third kappa shape index (κ3) is 2.83. The summed E-state index contributed by atoms with van der Waals surface area (Å²) in [5.41, 5.74) is 3.41. The second kappa shape index (κ2) is 5.58. The van der Waals surface area contributed by atoms with Gasteiger partial charge in [-0.1, -0.05) is 35.9 Å². The molecule has 0 aliphatic heterocycles. The second-order valence-electron chi connectivity index (χ2n) is 4.48. The molecule has 0 bridgehead atoms. The molecule has 2 nitrogen and oxygen atoms in total. The van der Waals surface area contributed by atoms with E-state index in [1.807, 2.05) is 18.2 Å². The van der Waals surface area contributed by atoms with Gasteiger partial charge >= 0.3 is 0 Å². The van der Waals surface area contributed by atoms with Gasteiger partial charge in [-0.05, 0) is 32.0 Å². The quantitative estimate of drug-likeness (QED) is 0.881. The summed E-state index contributed by atoms with van der Waals surface area (Å²) < 4.78 is 0. The maximum Gasteiger partial charge on any atom is 0.120 e. The van der Waals surface area contributed by atoms with Crippen molar-refractivity contribution >= 4 is 5.69 Å². The fourth-order valence-corrected chi connectivity index (χ4v) is 1.99. The molecule has 0 aromatic heterocycles. The molecule has 0 unspecified atom stereocenters. The van der Waals surface area contributed by atoms with Crippen molar-refractivity contribution in [3.05, 3.63) is 59.7 Å². The van der Waals surface area contributed by atoms with Crippen LogP contribution in [-0.2, 0) is 6.54 Å². The van der Waals surface area contributed by atoms with Crippen LogP contribution in [0.25, 0.3) is 0 Å². The van der Waals surface area contributed by atoms with Crippen molar-refractivity contribution in [2.24, 2.45) is 0 Å². The van der Waals surface area contributed by atoms with E-state index in [0.29, 0.717) is 5.75 Å². The Labute approximate surface area is 109 Å². The highest BCUT2D eigenvalue weighted by molar-refractivity contribution is 5.49. The van der Waals surface area contributed by atoms with E-state index in [1.165, 1.54) is 11.3 Å². The number of phenols is 1. The van der Waals surface area contributed by atoms with Crippen molar-refractivity contribution in [3.8, 4) is 5.75 Å². The molecule has 0 saturated heterocycles. The third-order valence-electron chi connectivity index (χ3n) is 3.13. The average molecular weight is 241 g/mol. The molecule has 2 rings (SSSR count). The van der Waals surface area contributed by atoms with Crippen molar-refractivity contribution in [3.63, 3.8) is 0 Å². The summed E-state index contributed by atoms with van der Waals surface area (Å²) >= 11 is 0. The minimum atomic E-state index is 0.364. The Balaban J connectivity index is 2.20. The van der Waals surface area contributed by atoms with Crippen LogP contribution in [0, 0.1) is 6.92 Å². The second-order valence-corrected chi connectivity index (χ2v) is 4.48. The minimum Gasteiger partial charge on any atom is -0.508 e. The predicted molar refractivity (Wildman–Crippen MR) is 76.0 cm³/mol. The van der Waals surface area contributed by atoms with Crippen LogP contribution in [0.3, 0.4) is 0 Å². The fourth-order valence-electron chi connectivity index (χ4n) is 1.99. The molecule has 0 amide bonds.